The highest BCUT2D eigenvalue weighted by atomic mass is 79.9. The fraction of sp³-hybridized carbons (Fsp3) is 0.900. The average molecular weight is 251 g/mol. The van der Waals surface area contributed by atoms with Crippen molar-refractivity contribution in [2.75, 3.05) is 6.61 Å². The Morgan fingerprint density at radius 1 is 1.46 bits per heavy atom. The number of hydrogen-bond acceptors (Lipinski definition) is 2. The highest BCUT2D eigenvalue weighted by Crippen LogP contribution is 2.21. The number of ether oxygens (including phenoxy) is 1. The van der Waals surface area contributed by atoms with Crippen LogP contribution in [0.4, 0.5) is 0 Å². The van der Waals surface area contributed by atoms with Gasteiger partial charge in [0, 0.05) is 4.83 Å². The topological polar surface area (TPSA) is 26.3 Å². The van der Waals surface area contributed by atoms with E-state index in [1.54, 1.807) is 0 Å². The van der Waals surface area contributed by atoms with Crippen molar-refractivity contribution in [1.29, 1.82) is 0 Å². The molecule has 1 unspecified atom stereocenters. The maximum atomic E-state index is 11.5. The summed E-state index contributed by atoms with van der Waals surface area (Å²) in [4.78, 5) is 11.8. The Morgan fingerprint density at radius 2 is 2.00 bits per heavy atom. The lowest BCUT2D eigenvalue weighted by Gasteiger charge is -2.21. The number of rotatable bonds is 5. The predicted octanol–water partition coefficient (Wildman–Crippen LogP) is 3.14. The van der Waals surface area contributed by atoms with E-state index in [1.165, 1.54) is 0 Å². The van der Waals surface area contributed by atoms with Crippen LogP contribution < -0.4 is 0 Å². The van der Waals surface area contributed by atoms with Crippen molar-refractivity contribution in [3.05, 3.63) is 0 Å². The Hall–Kier alpha value is -0.0500. The molecule has 2 nitrogen and oxygen atoms in total. The Bertz CT molecular complexity index is 166. The number of alkyl halides is 1. The van der Waals surface area contributed by atoms with E-state index in [2.05, 4.69) is 22.9 Å². The molecule has 0 rings (SSSR count). The standard InChI is InChI=1S/C10H19BrO2/c1-5-8(11)7-13-9(12)10(3,4)6-2/h8H,5-7H2,1-4H3. The Balaban J connectivity index is 3.88. The van der Waals surface area contributed by atoms with Gasteiger partial charge in [0.25, 0.3) is 0 Å². The summed E-state index contributed by atoms with van der Waals surface area (Å²) in [6.45, 7) is 8.33. The van der Waals surface area contributed by atoms with Gasteiger partial charge in [-0.15, -0.1) is 0 Å². The molecule has 0 aliphatic heterocycles. The molecule has 0 bridgehead atoms. The Morgan fingerprint density at radius 3 is 2.38 bits per heavy atom. The van der Waals surface area contributed by atoms with Crippen molar-refractivity contribution in [1.82, 2.24) is 0 Å². The van der Waals surface area contributed by atoms with Crippen molar-refractivity contribution >= 4 is 21.9 Å². The van der Waals surface area contributed by atoms with Crippen LogP contribution >= 0.6 is 15.9 Å². The quantitative estimate of drug-likeness (QED) is 0.554. The van der Waals surface area contributed by atoms with Gasteiger partial charge in [0.15, 0.2) is 0 Å². The van der Waals surface area contributed by atoms with Crippen LogP contribution in [0.1, 0.15) is 40.5 Å². The summed E-state index contributed by atoms with van der Waals surface area (Å²) in [7, 11) is 0. The molecule has 0 saturated carbocycles. The zero-order chi connectivity index (χ0) is 10.5. The van der Waals surface area contributed by atoms with Crippen molar-refractivity contribution in [2.24, 2.45) is 5.41 Å². The number of carbonyl (C=O) groups is 1. The van der Waals surface area contributed by atoms with Crippen molar-refractivity contribution in [3.63, 3.8) is 0 Å². The van der Waals surface area contributed by atoms with Gasteiger partial charge in [-0.2, -0.15) is 0 Å². The SMILES string of the molecule is CCC(Br)COC(=O)C(C)(C)CC. The highest BCUT2D eigenvalue weighted by molar-refractivity contribution is 9.09. The summed E-state index contributed by atoms with van der Waals surface area (Å²) in [6.07, 6.45) is 1.78. The number of carbonyl (C=O) groups excluding carboxylic acids is 1. The van der Waals surface area contributed by atoms with Crippen LogP contribution in [0.2, 0.25) is 0 Å². The lowest BCUT2D eigenvalue weighted by Crippen LogP contribution is -2.27. The van der Waals surface area contributed by atoms with Gasteiger partial charge in [-0.1, -0.05) is 29.8 Å². The normalized spacial score (nSPS) is 13.9. The van der Waals surface area contributed by atoms with E-state index in [0.717, 1.165) is 12.8 Å². The van der Waals surface area contributed by atoms with Crippen LogP contribution in [-0.2, 0) is 9.53 Å². The molecule has 13 heavy (non-hydrogen) atoms. The largest absolute Gasteiger partial charge is 0.464 e. The van der Waals surface area contributed by atoms with Gasteiger partial charge in [-0.3, -0.25) is 4.79 Å². The first kappa shape index (κ1) is 12.9. The molecule has 0 heterocycles. The minimum atomic E-state index is -0.347. The monoisotopic (exact) mass is 250 g/mol. The lowest BCUT2D eigenvalue weighted by molar-refractivity contribution is -0.154. The minimum Gasteiger partial charge on any atom is -0.464 e. The van der Waals surface area contributed by atoms with E-state index in [1.807, 2.05) is 20.8 Å². The minimum absolute atomic E-state index is 0.104. The van der Waals surface area contributed by atoms with E-state index >= 15 is 0 Å². The summed E-state index contributed by atoms with van der Waals surface area (Å²) in [5.74, 6) is -0.104. The van der Waals surface area contributed by atoms with Crippen LogP contribution in [0.15, 0.2) is 0 Å². The number of halogens is 1. The molecule has 1 atom stereocenters. The maximum absolute atomic E-state index is 11.5. The van der Waals surface area contributed by atoms with E-state index in [-0.39, 0.29) is 16.2 Å². The van der Waals surface area contributed by atoms with Crippen molar-refractivity contribution < 1.29 is 9.53 Å². The van der Waals surface area contributed by atoms with Crippen LogP contribution in [-0.4, -0.2) is 17.4 Å². The summed E-state index contributed by atoms with van der Waals surface area (Å²) < 4.78 is 5.16. The molecule has 0 aromatic carbocycles. The first-order chi connectivity index (χ1) is 5.94. The van der Waals surface area contributed by atoms with Crippen LogP contribution in [0.25, 0.3) is 0 Å². The van der Waals surface area contributed by atoms with Gasteiger partial charge < -0.3 is 4.74 Å². The van der Waals surface area contributed by atoms with Gasteiger partial charge in [0.1, 0.15) is 6.61 Å². The zero-order valence-electron chi connectivity index (χ0n) is 8.89. The summed E-state index contributed by atoms with van der Waals surface area (Å²) >= 11 is 3.42. The third-order valence-electron chi connectivity index (χ3n) is 2.27. The number of esters is 1. The zero-order valence-corrected chi connectivity index (χ0v) is 10.5. The van der Waals surface area contributed by atoms with Crippen LogP contribution in [0.3, 0.4) is 0 Å². The van der Waals surface area contributed by atoms with Gasteiger partial charge in [-0.25, -0.2) is 0 Å². The molecule has 0 radical (unpaired) electrons. The average Bonchev–Trinajstić information content (AvgIpc) is 2.13. The molecule has 0 amide bonds. The van der Waals surface area contributed by atoms with Gasteiger partial charge in [0.05, 0.1) is 5.41 Å². The maximum Gasteiger partial charge on any atom is 0.311 e. The first-order valence-corrected chi connectivity index (χ1v) is 5.67. The van der Waals surface area contributed by atoms with E-state index < -0.39 is 0 Å². The molecule has 78 valence electrons. The molecule has 0 aliphatic carbocycles. The highest BCUT2D eigenvalue weighted by Gasteiger charge is 2.27. The van der Waals surface area contributed by atoms with Crippen LogP contribution in [0.5, 0.6) is 0 Å². The van der Waals surface area contributed by atoms with E-state index in [4.69, 9.17) is 4.74 Å². The van der Waals surface area contributed by atoms with Crippen molar-refractivity contribution in [3.8, 4) is 0 Å². The molecular formula is C10H19BrO2. The van der Waals surface area contributed by atoms with Crippen LogP contribution in [0, 0.1) is 5.41 Å². The van der Waals surface area contributed by atoms with E-state index in [9.17, 15) is 4.79 Å². The molecular weight excluding hydrogens is 232 g/mol. The second-order valence-electron chi connectivity index (χ2n) is 3.84. The second-order valence-corrected chi connectivity index (χ2v) is 5.14. The summed E-state index contributed by atoms with van der Waals surface area (Å²) in [5.41, 5.74) is -0.347. The number of hydrogen-bond donors (Lipinski definition) is 0. The fourth-order valence-electron chi connectivity index (χ4n) is 0.624. The Kier molecular flexibility index (Phi) is 5.61. The molecule has 0 aromatic rings. The summed E-state index contributed by atoms with van der Waals surface area (Å²) in [6, 6.07) is 0. The lowest BCUT2D eigenvalue weighted by atomic mass is 9.91. The smallest absolute Gasteiger partial charge is 0.311 e. The molecule has 0 saturated heterocycles. The molecule has 0 fully saturated rings. The summed E-state index contributed by atoms with van der Waals surface area (Å²) in [5, 5.41) is 0. The van der Waals surface area contributed by atoms with Gasteiger partial charge >= 0.3 is 5.97 Å². The van der Waals surface area contributed by atoms with Gasteiger partial charge in [-0.05, 0) is 26.7 Å². The molecule has 0 N–H and O–H groups in total. The molecule has 0 spiro atoms. The molecule has 3 heteroatoms. The molecule has 0 aromatic heterocycles. The predicted molar refractivity (Wildman–Crippen MR) is 58.0 cm³/mol. The second kappa shape index (κ2) is 5.63. The third kappa shape index (κ3) is 4.65. The molecule has 0 aliphatic rings. The first-order valence-electron chi connectivity index (χ1n) is 4.75. The van der Waals surface area contributed by atoms with Gasteiger partial charge in [0.2, 0.25) is 0 Å². The Labute approximate surface area is 89.2 Å². The van der Waals surface area contributed by atoms with Crippen molar-refractivity contribution in [2.45, 2.75) is 45.4 Å². The fourth-order valence-corrected chi connectivity index (χ4v) is 0.756. The third-order valence-corrected chi connectivity index (χ3v) is 3.19. The van der Waals surface area contributed by atoms with E-state index in [0.29, 0.717) is 6.61 Å².